The lowest BCUT2D eigenvalue weighted by atomic mass is 10.3. The summed E-state index contributed by atoms with van der Waals surface area (Å²) in [5.74, 6) is -1.75. The first-order valence-electron chi connectivity index (χ1n) is 5.96. The van der Waals surface area contributed by atoms with Gasteiger partial charge in [0.2, 0.25) is 0 Å². The van der Waals surface area contributed by atoms with E-state index in [1.165, 1.54) is 12.1 Å². The van der Waals surface area contributed by atoms with Crippen molar-refractivity contribution in [3.63, 3.8) is 0 Å². The minimum absolute atomic E-state index is 0.0836. The van der Waals surface area contributed by atoms with Crippen LogP contribution in [0.3, 0.4) is 0 Å². The van der Waals surface area contributed by atoms with Gasteiger partial charge in [-0.3, -0.25) is 9.82 Å². The Morgan fingerprint density at radius 2 is 1.96 bits per heavy atom. The Morgan fingerprint density at radius 3 is 2.70 bits per heavy atom. The van der Waals surface area contributed by atoms with Crippen molar-refractivity contribution in [3.8, 4) is 0 Å². The summed E-state index contributed by atoms with van der Waals surface area (Å²) in [5, 5.41) is 6.00. The molecule has 1 aromatic carbocycles. The van der Waals surface area contributed by atoms with Crippen molar-refractivity contribution in [3.05, 3.63) is 45.5 Å². The Bertz CT molecular complexity index is 1030. The Balaban J connectivity index is 2.06. The van der Waals surface area contributed by atoms with Crippen LogP contribution in [0.25, 0.3) is 11.0 Å². The largest absolute Gasteiger partial charge is 0.279 e. The van der Waals surface area contributed by atoms with Crippen molar-refractivity contribution >= 4 is 54.3 Å². The van der Waals surface area contributed by atoms with E-state index in [9.17, 15) is 17.2 Å². The molecule has 2 aromatic heterocycles. The third-order valence-corrected chi connectivity index (χ3v) is 5.03. The maximum Gasteiger partial charge on any atom is 0.279 e. The number of H-pyrrole nitrogens is 1. The maximum atomic E-state index is 13.8. The molecule has 3 aromatic rings. The molecule has 0 atom stereocenters. The first kappa shape index (κ1) is 16.1. The number of halogens is 4. The molecule has 3 rings (SSSR count). The van der Waals surface area contributed by atoms with Crippen LogP contribution in [-0.4, -0.2) is 23.6 Å². The lowest BCUT2D eigenvalue weighted by molar-refractivity contribution is 0.590. The highest BCUT2D eigenvalue weighted by atomic mass is 79.9. The van der Waals surface area contributed by atoms with E-state index >= 15 is 0 Å². The van der Waals surface area contributed by atoms with Gasteiger partial charge in [0, 0.05) is 6.07 Å². The molecule has 0 saturated carbocycles. The molecule has 0 amide bonds. The van der Waals surface area contributed by atoms with Crippen LogP contribution in [0.1, 0.15) is 0 Å². The number of anilines is 1. The number of fused-ring (bicyclic) bond motifs is 1. The number of hydrogen-bond acceptors (Lipinski definition) is 4. The summed E-state index contributed by atoms with van der Waals surface area (Å²) in [5.41, 5.74) is -0.448. The molecule has 0 aliphatic rings. The normalized spacial score (nSPS) is 11.8. The fourth-order valence-electron chi connectivity index (χ4n) is 1.85. The van der Waals surface area contributed by atoms with Crippen LogP contribution < -0.4 is 4.72 Å². The van der Waals surface area contributed by atoms with Crippen LogP contribution in [0.15, 0.2) is 33.8 Å². The molecular weight excluding hydrogens is 418 g/mol. The highest BCUT2D eigenvalue weighted by Crippen LogP contribution is 2.27. The van der Waals surface area contributed by atoms with Crippen LogP contribution in [0.2, 0.25) is 5.15 Å². The quantitative estimate of drug-likeness (QED) is 0.499. The molecule has 0 unspecified atom stereocenters. The molecule has 0 spiro atoms. The van der Waals surface area contributed by atoms with Crippen molar-refractivity contribution in [1.29, 1.82) is 0 Å². The highest BCUT2D eigenvalue weighted by molar-refractivity contribution is 9.10. The molecule has 0 radical (unpaired) electrons. The average Bonchev–Trinajstić information content (AvgIpc) is 2.88. The summed E-state index contributed by atoms with van der Waals surface area (Å²) in [7, 11) is -4.23. The van der Waals surface area contributed by atoms with Gasteiger partial charge in [0.05, 0.1) is 15.5 Å². The van der Waals surface area contributed by atoms with Crippen molar-refractivity contribution in [2.24, 2.45) is 0 Å². The van der Waals surface area contributed by atoms with Crippen molar-refractivity contribution in [1.82, 2.24) is 15.2 Å². The van der Waals surface area contributed by atoms with Crippen LogP contribution in [0.4, 0.5) is 14.5 Å². The number of aromatic amines is 1. The zero-order valence-electron chi connectivity index (χ0n) is 10.9. The molecule has 120 valence electrons. The van der Waals surface area contributed by atoms with Crippen molar-refractivity contribution < 1.29 is 17.2 Å². The van der Waals surface area contributed by atoms with E-state index in [1.54, 1.807) is 0 Å². The monoisotopic (exact) mass is 422 g/mol. The fourth-order valence-corrected chi connectivity index (χ4v) is 3.47. The van der Waals surface area contributed by atoms with E-state index < -0.39 is 27.3 Å². The molecule has 23 heavy (non-hydrogen) atoms. The van der Waals surface area contributed by atoms with E-state index in [1.807, 2.05) is 4.72 Å². The van der Waals surface area contributed by atoms with E-state index in [0.29, 0.717) is 0 Å². The number of pyridine rings is 1. The minimum atomic E-state index is -4.23. The second kappa shape index (κ2) is 5.69. The summed E-state index contributed by atoms with van der Waals surface area (Å²) in [4.78, 5) is 3.85. The van der Waals surface area contributed by atoms with Gasteiger partial charge in [0.25, 0.3) is 10.0 Å². The highest BCUT2D eigenvalue weighted by Gasteiger charge is 2.23. The first-order chi connectivity index (χ1) is 10.8. The predicted molar refractivity (Wildman–Crippen MR) is 83.8 cm³/mol. The molecule has 0 aliphatic carbocycles. The van der Waals surface area contributed by atoms with Crippen LogP contribution in [0, 0.1) is 11.6 Å². The molecule has 6 nitrogen and oxygen atoms in total. The third-order valence-electron chi connectivity index (χ3n) is 2.87. The van der Waals surface area contributed by atoms with Gasteiger partial charge in [-0.2, -0.15) is 13.5 Å². The summed E-state index contributed by atoms with van der Waals surface area (Å²) in [6.07, 6.45) is 0. The van der Waals surface area contributed by atoms with Gasteiger partial charge in [0.1, 0.15) is 16.8 Å². The molecule has 2 N–H and O–H groups in total. The number of hydrogen-bond donors (Lipinski definition) is 2. The number of aromatic nitrogens is 3. The Kier molecular flexibility index (Phi) is 3.98. The molecular formula is C12H6BrClF2N4O2S. The van der Waals surface area contributed by atoms with E-state index in [2.05, 4.69) is 31.1 Å². The van der Waals surface area contributed by atoms with Crippen LogP contribution in [0.5, 0.6) is 0 Å². The Hall–Kier alpha value is -1.78. The predicted octanol–water partition coefficient (Wildman–Crippen LogP) is 3.45. The Labute approximate surface area is 142 Å². The number of nitrogens with one attached hydrogen (secondary N) is 2. The molecule has 0 bridgehead atoms. The first-order valence-corrected chi connectivity index (χ1v) is 8.61. The van der Waals surface area contributed by atoms with Gasteiger partial charge < -0.3 is 0 Å². The second-order valence-corrected chi connectivity index (χ2v) is 7.27. The number of benzene rings is 1. The van der Waals surface area contributed by atoms with E-state index in [4.69, 9.17) is 11.6 Å². The van der Waals surface area contributed by atoms with Gasteiger partial charge in [-0.15, -0.1) is 0 Å². The third kappa shape index (κ3) is 3.01. The molecule has 0 saturated heterocycles. The van der Waals surface area contributed by atoms with Gasteiger partial charge in [0.15, 0.2) is 10.7 Å². The molecule has 0 aliphatic heterocycles. The SMILES string of the molecule is O=S(=O)(Nc1cc(F)c(Br)cc1F)c1[nH]nc2nc(Cl)ccc12. The standard InChI is InChI=1S/C12H6BrClF2N4O2S/c13-6-3-8(16)9(4-7(6)15)20-23(21,22)12-5-1-2-10(14)17-11(5)18-19-12/h1-4,20H,(H,17,18,19). The summed E-state index contributed by atoms with van der Waals surface area (Å²) >= 11 is 8.51. The van der Waals surface area contributed by atoms with Gasteiger partial charge >= 0.3 is 0 Å². The van der Waals surface area contributed by atoms with Gasteiger partial charge in [-0.1, -0.05) is 11.6 Å². The molecule has 0 fully saturated rings. The summed E-state index contributed by atoms with van der Waals surface area (Å²) in [6.45, 7) is 0. The van der Waals surface area contributed by atoms with Crippen molar-refractivity contribution in [2.75, 3.05) is 4.72 Å². The summed E-state index contributed by atoms with van der Waals surface area (Å²) < 4.78 is 53.8. The van der Waals surface area contributed by atoms with E-state index in [-0.39, 0.29) is 25.7 Å². The maximum absolute atomic E-state index is 13.8. The topological polar surface area (TPSA) is 87.7 Å². The number of nitrogens with zero attached hydrogens (tertiary/aromatic N) is 2. The Morgan fingerprint density at radius 1 is 1.22 bits per heavy atom. The zero-order valence-corrected chi connectivity index (χ0v) is 14.1. The molecule has 2 heterocycles. The number of sulfonamides is 1. The van der Waals surface area contributed by atoms with Crippen LogP contribution >= 0.6 is 27.5 Å². The molecule has 11 heteroatoms. The zero-order chi connectivity index (χ0) is 16.8. The van der Waals surface area contributed by atoms with Crippen molar-refractivity contribution in [2.45, 2.75) is 5.03 Å². The van der Waals surface area contributed by atoms with Gasteiger partial charge in [-0.05, 0) is 34.1 Å². The minimum Gasteiger partial charge on any atom is -0.275 e. The fraction of sp³-hybridized carbons (Fsp3) is 0. The van der Waals surface area contributed by atoms with Gasteiger partial charge in [-0.25, -0.2) is 13.8 Å². The lowest BCUT2D eigenvalue weighted by Crippen LogP contribution is -2.15. The second-order valence-electron chi connectivity index (χ2n) is 4.41. The average molecular weight is 424 g/mol. The lowest BCUT2D eigenvalue weighted by Gasteiger charge is -2.08. The number of rotatable bonds is 3. The van der Waals surface area contributed by atoms with E-state index in [0.717, 1.165) is 12.1 Å². The summed E-state index contributed by atoms with van der Waals surface area (Å²) in [6, 6.07) is 4.34. The van der Waals surface area contributed by atoms with Crippen LogP contribution in [-0.2, 0) is 10.0 Å². The smallest absolute Gasteiger partial charge is 0.275 e.